The lowest BCUT2D eigenvalue weighted by atomic mass is 10.1. The topological polar surface area (TPSA) is 66.2 Å². The lowest BCUT2D eigenvalue weighted by Crippen LogP contribution is -2.15. The highest BCUT2D eigenvalue weighted by Gasteiger charge is 2.21. The highest BCUT2D eigenvalue weighted by Crippen LogP contribution is 2.26. The summed E-state index contributed by atoms with van der Waals surface area (Å²) in [5.41, 5.74) is 0.622. The van der Waals surface area contributed by atoms with E-state index in [-0.39, 0.29) is 23.5 Å². The van der Waals surface area contributed by atoms with Crippen molar-refractivity contribution in [1.82, 2.24) is 14.8 Å². The molecule has 3 aromatic rings. The number of hydrogen-bond acceptors (Lipinski definition) is 6. The number of nitrogens with zero attached hydrogens (tertiary/aromatic N) is 3. The molecule has 0 fully saturated rings. The fourth-order valence-corrected chi connectivity index (χ4v) is 3.85. The summed E-state index contributed by atoms with van der Waals surface area (Å²) in [7, 11) is 1.59. The zero-order valence-corrected chi connectivity index (χ0v) is 18.9. The van der Waals surface area contributed by atoms with Crippen molar-refractivity contribution in [3.63, 3.8) is 0 Å². The Kier molecular flexibility index (Phi) is 7.68. The summed E-state index contributed by atoms with van der Waals surface area (Å²) in [5, 5.41) is 9.29. The van der Waals surface area contributed by atoms with Gasteiger partial charge < -0.3 is 14.0 Å². The van der Waals surface area contributed by atoms with Gasteiger partial charge in [0, 0.05) is 12.1 Å². The molecule has 164 valence electrons. The fraction of sp³-hybridized carbons (Fsp3) is 0.348. The molecule has 0 spiro atoms. The lowest BCUT2D eigenvalue weighted by molar-refractivity contribution is 0.102. The van der Waals surface area contributed by atoms with Crippen LogP contribution in [0.1, 0.15) is 43.1 Å². The van der Waals surface area contributed by atoms with Gasteiger partial charge in [0.2, 0.25) is 0 Å². The quantitative estimate of drug-likeness (QED) is 0.317. The van der Waals surface area contributed by atoms with Crippen LogP contribution < -0.4 is 9.47 Å². The SMILES string of the molecule is COc1ccc(C(=O)CSc2nnc(C(C)Oc3ccc(F)cc3)n2CC(C)C)cc1. The molecule has 0 saturated heterocycles. The zero-order chi connectivity index (χ0) is 22.4. The Balaban J connectivity index is 1.73. The Labute approximate surface area is 185 Å². The number of ether oxygens (including phenoxy) is 2. The highest BCUT2D eigenvalue weighted by molar-refractivity contribution is 7.99. The van der Waals surface area contributed by atoms with Crippen molar-refractivity contribution in [3.05, 3.63) is 65.7 Å². The van der Waals surface area contributed by atoms with Crippen LogP contribution in [0, 0.1) is 11.7 Å². The number of benzene rings is 2. The molecule has 1 atom stereocenters. The van der Waals surface area contributed by atoms with E-state index in [2.05, 4.69) is 24.0 Å². The molecule has 3 rings (SSSR count). The number of Topliss-reactive ketones (excluding diaryl/α,β-unsaturated/α-hetero) is 1. The van der Waals surface area contributed by atoms with Crippen LogP contribution in [-0.4, -0.2) is 33.4 Å². The minimum absolute atomic E-state index is 0.00362. The summed E-state index contributed by atoms with van der Waals surface area (Å²) in [5.74, 6) is 2.21. The molecule has 0 saturated carbocycles. The maximum absolute atomic E-state index is 13.1. The largest absolute Gasteiger partial charge is 0.497 e. The van der Waals surface area contributed by atoms with Gasteiger partial charge >= 0.3 is 0 Å². The number of halogens is 1. The van der Waals surface area contributed by atoms with Crippen LogP contribution in [-0.2, 0) is 6.54 Å². The molecule has 0 amide bonds. The Hall–Kier alpha value is -2.87. The van der Waals surface area contributed by atoms with Gasteiger partial charge in [0.25, 0.3) is 0 Å². The van der Waals surface area contributed by atoms with Gasteiger partial charge in [-0.25, -0.2) is 4.39 Å². The Morgan fingerprint density at radius 3 is 2.29 bits per heavy atom. The predicted octanol–water partition coefficient (Wildman–Crippen LogP) is 5.20. The molecular formula is C23H26FN3O3S. The second-order valence-corrected chi connectivity index (χ2v) is 8.44. The molecule has 0 aliphatic carbocycles. The number of rotatable bonds is 10. The van der Waals surface area contributed by atoms with E-state index in [9.17, 15) is 9.18 Å². The van der Waals surface area contributed by atoms with Gasteiger partial charge in [-0.2, -0.15) is 0 Å². The Morgan fingerprint density at radius 2 is 1.68 bits per heavy atom. The van der Waals surface area contributed by atoms with Crippen molar-refractivity contribution in [2.75, 3.05) is 12.9 Å². The van der Waals surface area contributed by atoms with E-state index < -0.39 is 0 Å². The third-order valence-corrected chi connectivity index (χ3v) is 5.49. The smallest absolute Gasteiger partial charge is 0.191 e. The van der Waals surface area contributed by atoms with Gasteiger partial charge in [0.15, 0.2) is 22.9 Å². The second kappa shape index (κ2) is 10.4. The van der Waals surface area contributed by atoms with Crippen molar-refractivity contribution in [3.8, 4) is 11.5 Å². The molecule has 0 aliphatic rings. The van der Waals surface area contributed by atoms with Crippen molar-refractivity contribution in [2.45, 2.75) is 38.6 Å². The number of thioether (sulfide) groups is 1. The molecule has 0 N–H and O–H groups in total. The molecule has 1 heterocycles. The van der Waals surface area contributed by atoms with Gasteiger partial charge in [-0.3, -0.25) is 4.79 Å². The lowest BCUT2D eigenvalue weighted by Gasteiger charge is -2.17. The number of hydrogen-bond donors (Lipinski definition) is 0. The Morgan fingerprint density at radius 1 is 1.03 bits per heavy atom. The van der Waals surface area contributed by atoms with Gasteiger partial charge in [0.1, 0.15) is 17.3 Å². The first kappa shape index (κ1) is 22.8. The van der Waals surface area contributed by atoms with Crippen molar-refractivity contribution < 1.29 is 18.7 Å². The molecule has 1 unspecified atom stereocenters. The van der Waals surface area contributed by atoms with E-state index >= 15 is 0 Å². The molecule has 2 aromatic carbocycles. The molecule has 8 heteroatoms. The minimum atomic E-state index is -0.386. The van der Waals surface area contributed by atoms with Gasteiger partial charge in [0.05, 0.1) is 12.9 Å². The summed E-state index contributed by atoms with van der Waals surface area (Å²) >= 11 is 1.35. The van der Waals surface area contributed by atoms with Crippen LogP contribution in [0.25, 0.3) is 0 Å². The molecule has 0 bridgehead atoms. The first-order chi connectivity index (χ1) is 14.9. The summed E-state index contributed by atoms with van der Waals surface area (Å²) in [6.07, 6.45) is -0.386. The number of aromatic nitrogens is 3. The van der Waals surface area contributed by atoms with E-state index in [1.165, 1.54) is 23.9 Å². The second-order valence-electron chi connectivity index (χ2n) is 7.50. The normalized spacial score (nSPS) is 12.1. The molecule has 0 aliphatic heterocycles. The van der Waals surface area contributed by atoms with Crippen LogP contribution in [0.4, 0.5) is 4.39 Å². The molecule has 1 aromatic heterocycles. The number of ketones is 1. The number of carbonyl (C=O) groups is 1. The Bertz CT molecular complexity index is 1000. The van der Waals surface area contributed by atoms with Crippen molar-refractivity contribution >= 4 is 17.5 Å². The van der Waals surface area contributed by atoms with Crippen LogP contribution in [0.15, 0.2) is 53.7 Å². The average Bonchev–Trinajstić information content (AvgIpc) is 3.15. The van der Waals surface area contributed by atoms with Crippen LogP contribution in [0.5, 0.6) is 11.5 Å². The van der Waals surface area contributed by atoms with E-state index in [1.807, 2.05) is 11.5 Å². The summed E-state index contributed by atoms with van der Waals surface area (Å²) in [6, 6.07) is 12.9. The first-order valence-electron chi connectivity index (χ1n) is 10.0. The van der Waals surface area contributed by atoms with Gasteiger partial charge in [-0.1, -0.05) is 25.6 Å². The monoisotopic (exact) mass is 443 g/mol. The van der Waals surface area contributed by atoms with Crippen LogP contribution in [0.3, 0.4) is 0 Å². The molecular weight excluding hydrogens is 417 g/mol. The maximum atomic E-state index is 13.1. The summed E-state index contributed by atoms with van der Waals surface area (Å²) < 4.78 is 26.2. The summed E-state index contributed by atoms with van der Waals surface area (Å²) in [6.45, 7) is 6.78. The average molecular weight is 444 g/mol. The van der Waals surface area contributed by atoms with Crippen molar-refractivity contribution in [2.24, 2.45) is 5.92 Å². The fourth-order valence-electron chi connectivity index (χ4n) is 3.00. The van der Waals surface area contributed by atoms with E-state index in [0.29, 0.717) is 40.5 Å². The standard InChI is InChI=1S/C23H26FN3O3S/c1-15(2)13-27-22(16(3)30-20-11-7-18(24)8-12-20)25-26-23(27)31-14-21(28)17-5-9-19(29-4)10-6-17/h5-12,15-16H,13-14H2,1-4H3. The molecule has 31 heavy (non-hydrogen) atoms. The third kappa shape index (κ3) is 6.07. The zero-order valence-electron chi connectivity index (χ0n) is 18.0. The maximum Gasteiger partial charge on any atom is 0.191 e. The van der Waals surface area contributed by atoms with E-state index in [0.717, 1.165) is 0 Å². The molecule has 6 nitrogen and oxygen atoms in total. The molecule has 0 radical (unpaired) electrons. The predicted molar refractivity (Wildman–Crippen MR) is 118 cm³/mol. The highest BCUT2D eigenvalue weighted by atomic mass is 32.2. The number of methoxy groups -OCH3 is 1. The van der Waals surface area contributed by atoms with Gasteiger partial charge in [-0.05, 0) is 61.4 Å². The van der Waals surface area contributed by atoms with Crippen LogP contribution in [0.2, 0.25) is 0 Å². The van der Waals surface area contributed by atoms with E-state index in [4.69, 9.17) is 9.47 Å². The van der Waals surface area contributed by atoms with Crippen molar-refractivity contribution in [1.29, 1.82) is 0 Å². The van der Waals surface area contributed by atoms with Gasteiger partial charge in [-0.15, -0.1) is 10.2 Å². The number of carbonyl (C=O) groups excluding carboxylic acids is 1. The first-order valence-corrected chi connectivity index (χ1v) is 11.0. The summed E-state index contributed by atoms with van der Waals surface area (Å²) in [4.78, 5) is 12.6. The van der Waals surface area contributed by atoms with Crippen LogP contribution >= 0.6 is 11.8 Å². The van der Waals surface area contributed by atoms with E-state index in [1.54, 1.807) is 43.5 Å². The minimum Gasteiger partial charge on any atom is -0.497 e. The third-order valence-electron chi connectivity index (χ3n) is 4.53.